The first-order chi connectivity index (χ1) is 16.0. The Labute approximate surface area is 189 Å². The molecule has 1 amide bonds. The van der Waals surface area contributed by atoms with Crippen molar-refractivity contribution in [3.05, 3.63) is 46.5 Å². The maximum atomic E-state index is 13.2. The molecule has 3 heterocycles. The van der Waals surface area contributed by atoms with E-state index in [2.05, 4.69) is 26.0 Å². The van der Waals surface area contributed by atoms with Gasteiger partial charge in [0.15, 0.2) is 5.65 Å². The fourth-order valence-corrected chi connectivity index (χ4v) is 4.43. The Balaban J connectivity index is 1.48. The molecule has 0 unspecified atom stereocenters. The van der Waals surface area contributed by atoms with Gasteiger partial charge >= 0.3 is 0 Å². The zero-order valence-electron chi connectivity index (χ0n) is 18.4. The molecule has 10 nitrogen and oxygen atoms in total. The first-order valence-electron chi connectivity index (χ1n) is 11.0. The standard InChI is InChI=1S/C22H26FN7O3/c1-24-19-10-18(28-20-12(11-25-30(19)20)21(31)27-15-9-13(15)23)26-14-5-4-8-29(22(14)32)16-6-3-7-17(16)33-2/h4-5,8,10-11,13,15-17,24H,3,6-7,9H2,1-2H3,(H,26,28)(H,27,31)/t13-,15+,16+,17-/m0/s1. The van der Waals surface area contributed by atoms with Crippen LogP contribution in [0.2, 0.25) is 0 Å². The molecule has 0 aliphatic heterocycles. The van der Waals surface area contributed by atoms with Gasteiger partial charge in [0, 0.05) is 32.8 Å². The molecule has 4 atom stereocenters. The number of nitrogens with zero attached hydrogens (tertiary/aromatic N) is 4. The molecule has 3 N–H and O–H groups in total. The van der Waals surface area contributed by atoms with E-state index in [9.17, 15) is 14.0 Å². The van der Waals surface area contributed by atoms with Gasteiger partial charge in [-0.25, -0.2) is 9.37 Å². The van der Waals surface area contributed by atoms with Crippen LogP contribution in [0.25, 0.3) is 5.65 Å². The number of carbonyl (C=O) groups excluding carboxylic acids is 1. The highest BCUT2D eigenvalue weighted by molar-refractivity contribution is 6.00. The summed E-state index contributed by atoms with van der Waals surface area (Å²) < 4.78 is 22.0. The second kappa shape index (κ2) is 8.47. The molecule has 5 rings (SSSR count). The molecule has 0 saturated heterocycles. The molecule has 11 heteroatoms. The van der Waals surface area contributed by atoms with Crippen LogP contribution in [0.15, 0.2) is 35.4 Å². The van der Waals surface area contributed by atoms with Crippen molar-refractivity contribution >= 4 is 28.9 Å². The summed E-state index contributed by atoms with van der Waals surface area (Å²) in [4.78, 5) is 30.3. The number of hydrogen-bond acceptors (Lipinski definition) is 7. The molecule has 33 heavy (non-hydrogen) atoms. The van der Waals surface area contributed by atoms with Crippen molar-refractivity contribution in [2.24, 2.45) is 0 Å². The summed E-state index contributed by atoms with van der Waals surface area (Å²) in [6, 6.07) is 4.72. The van der Waals surface area contributed by atoms with Gasteiger partial charge in [-0.1, -0.05) is 0 Å². The predicted octanol–water partition coefficient (Wildman–Crippen LogP) is 2.26. The summed E-state index contributed by atoms with van der Waals surface area (Å²) in [5.74, 6) is 0.513. The van der Waals surface area contributed by atoms with Crippen molar-refractivity contribution in [2.75, 3.05) is 24.8 Å². The van der Waals surface area contributed by atoms with E-state index >= 15 is 0 Å². The molecule has 2 saturated carbocycles. The molecule has 0 aromatic carbocycles. The van der Waals surface area contributed by atoms with Crippen molar-refractivity contribution in [1.82, 2.24) is 24.5 Å². The van der Waals surface area contributed by atoms with Gasteiger partial charge in [-0.2, -0.15) is 9.61 Å². The number of aromatic nitrogens is 4. The molecule has 174 valence electrons. The van der Waals surface area contributed by atoms with E-state index < -0.39 is 18.1 Å². The normalized spacial score (nSPS) is 24.1. The summed E-state index contributed by atoms with van der Waals surface area (Å²) >= 11 is 0. The van der Waals surface area contributed by atoms with Crippen molar-refractivity contribution < 1.29 is 13.9 Å². The van der Waals surface area contributed by atoms with Gasteiger partial charge in [-0.15, -0.1) is 0 Å². The SMILES string of the molecule is CNc1cc(Nc2cccn([C@@H]3CCC[C@@H]3OC)c2=O)nc2c(C(=O)N[C@@H]3C[C@@H]3F)cnn12. The molecule has 0 spiro atoms. The van der Waals surface area contributed by atoms with E-state index in [1.165, 1.54) is 10.7 Å². The Bertz CT molecular complexity index is 1260. The first-order valence-corrected chi connectivity index (χ1v) is 11.0. The number of pyridine rings is 1. The highest BCUT2D eigenvalue weighted by Crippen LogP contribution is 2.31. The molecule has 2 aliphatic rings. The maximum Gasteiger partial charge on any atom is 0.274 e. The van der Waals surface area contributed by atoms with Crippen LogP contribution in [0.4, 0.5) is 21.7 Å². The summed E-state index contributed by atoms with van der Waals surface area (Å²) in [6.45, 7) is 0. The first kappa shape index (κ1) is 21.4. The lowest BCUT2D eigenvalue weighted by atomic mass is 10.2. The Morgan fingerprint density at radius 2 is 2.15 bits per heavy atom. The van der Waals surface area contributed by atoms with E-state index in [1.54, 1.807) is 37.1 Å². The van der Waals surface area contributed by atoms with Gasteiger partial charge in [0.2, 0.25) is 0 Å². The van der Waals surface area contributed by atoms with Gasteiger partial charge in [0.25, 0.3) is 11.5 Å². The quantitative estimate of drug-likeness (QED) is 0.501. The van der Waals surface area contributed by atoms with Crippen LogP contribution in [0, 0.1) is 0 Å². The Hall–Kier alpha value is -3.47. The lowest BCUT2D eigenvalue weighted by Gasteiger charge is -2.21. The largest absolute Gasteiger partial charge is 0.379 e. The van der Waals surface area contributed by atoms with Crippen LogP contribution in [-0.2, 0) is 4.74 Å². The number of rotatable bonds is 7. The van der Waals surface area contributed by atoms with Crippen LogP contribution < -0.4 is 21.5 Å². The lowest BCUT2D eigenvalue weighted by molar-refractivity contribution is 0.0739. The maximum absolute atomic E-state index is 13.2. The smallest absolute Gasteiger partial charge is 0.274 e. The molecule has 2 fully saturated rings. The number of amides is 1. The van der Waals surface area contributed by atoms with Gasteiger partial charge in [0.1, 0.15) is 29.1 Å². The summed E-state index contributed by atoms with van der Waals surface area (Å²) in [5.41, 5.74) is 0.716. The highest BCUT2D eigenvalue weighted by atomic mass is 19.1. The van der Waals surface area contributed by atoms with Crippen LogP contribution in [0.3, 0.4) is 0 Å². The van der Waals surface area contributed by atoms with Crippen LogP contribution >= 0.6 is 0 Å². The minimum absolute atomic E-state index is 0.00608. The fraction of sp³-hybridized carbons (Fsp3) is 0.455. The Morgan fingerprint density at radius 3 is 2.88 bits per heavy atom. The third-order valence-corrected chi connectivity index (χ3v) is 6.32. The van der Waals surface area contributed by atoms with Gasteiger partial charge in [-0.05, 0) is 31.4 Å². The number of ether oxygens (including phenoxy) is 1. The average molecular weight is 455 g/mol. The predicted molar refractivity (Wildman–Crippen MR) is 121 cm³/mol. The number of halogens is 1. The molecule has 0 bridgehead atoms. The number of nitrogens with one attached hydrogen (secondary N) is 3. The summed E-state index contributed by atoms with van der Waals surface area (Å²) in [5, 5.41) is 13.0. The van der Waals surface area contributed by atoms with Gasteiger partial charge in [0.05, 0.1) is 24.4 Å². The number of alkyl halides is 1. The van der Waals surface area contributed by atoms with E-state index in [-0.39, 0.29) is 23.3 Å². The number of hydrogen-bond donors (Lipinski definition) is 3. The Morgan fingerprint density at radius 1 is 1.33 bits per heavy atom. The topological polar surface area (TPSA) is 115 Å². The number of anilines is 3. The van der Waals surface area contributed by atoms with Crippen LogP contribution in [0.5, 0.6) is 0 Å². The number of fused-ring (bicyclic) bond motifs is 1. The third-order valence-electron chi connectivity index (χ3n) is 6.32. The second-order valence-electron chi connectivity index (χ2n) is 8.43. The number of carbonyl (C=O) groups is 1. The van der Waals surface area contributed by atoms with E-state index in [0.717, 1.165) is 19.3 Å². The second-order valence-corrected chi connectivity index (χ2v) is 8.43. The Kier molecular flexibility index (Phi) is 5.49. The van der Waals surface area contributed by atoms with Crippen molar-refractivity contribution in [2.45, 2.75) is 50.0 Å². The van der Waals surface area contributed by atoms with Gasteiger partial charge in [-0.3, -0.25) is 9.59 Å². The molecule has 3 aromatic heterocycles. The molecular weight excluding hydrogens is 429 g/mol. The van der Waals surface area contributed by atoms with E-state index in [4.69, 9.17) is 4.74 Å². The minimum atomic E-state index is -1.01. The lowest BCUT2D eigenvalue weighted by Crippen LogP contribution is -2.30. The molecule has 3 aromatic rings. The molecular formula is C22H26FN7O3. The fourth-order valence-electron chi connectivity index (χ4n) is 4.43. The molecule has 0 radical (unpaired) electrons. The van der Waals surface area contributed by atoms with Crippen molar-refractivity contribution in [3.8, 4) is 0 Å². The number of methoxy groups -OCH3 is 1. The van der Waals surface area contributed by atoms with Crippen LogP contribution in [-0.4, -0.2) is 57.5 Å². The van der Waals surface area contributed by atoms with Crippen LogP contribution in [0.1, 0.15) is 42.1 Å². The third kappa shape index (κ3) is 3.92. The van der Waals surface area contributed by atoms with Crippen molar-refractivity contribution in [1.29, 1.82) is 0 Å². The van der Waals surface area contributed by atoms with E-state index in [0.29, 0.717) is 29.4 Å². The monoisotopic (exact) mass is 455 g/mol. The average Bonchev–Trinajstić information content (AvgIpc) is 3.20. The minimum Gasteiger partial charge on any atom is -0.379 e. The summed E-state index contributed by atoms with van der Waals surface area (Å²) in [6.07, 6.45) is 5.30. The zero-order valence-corrected chi connectivity index (χ0v) is 18.4. The highest BCUT2D eigenvalue weighted by Gasteiger charge is 2.39. The molecule has 2 aliphatic carbocycles. The van der Waals surface area contributed by atoms with Crippen molar-refractivity contribution in [3.63, 3.8) is 0 Å². The zero-order chi connectivity index (χ0) is 23.1. The summed E-state index contributed by atoms with van der Waals surface area (Å²) in [7, 11) is 3.39. The van der Waals surface area contributed by atoms with E-state index in [1.807, 2.05) is 6.07 Å². The van der Waals surface area contributed by atoms with Gasteiger partial charge < -0.3 is 25.3 Å².